The SMILES string of the molecule is CCCCCC1CCC(c2n[nH]c(=S)n2-c2ccc(Cl)cc2)CC1. The third-order valence-corrected chi connectivity index (χ3v) is 5.74. The third kappa shape index (κ3) is 4.09. The van der Waals surface area contributed by atoms with Crippen molar-refractivity contribution in [3.8, 4) is 5.69 Å². The number of halogens is 1. The average Bonchev–Trinajstić information content (AvgIpc) is 2.98. The van der Waals surface area contributed by atoms with Gasteiger partial charge in [-0.25, -0.2) is 0 Å². The van der Waals surface area contributed by atoms with Crippen LogP contribution in [0.15, 0.2) is 24.3 Å². The van der Waals surface area contributed by atoms with Crippen molar-refractivity contribution in [1.29, 1.82) is 0 Å². The van der Waals surface area contributed by atoms with Gasteiger partial charge >= 0.3 is 0 Å². The maximum Gasteiger partial charge on any atom is 0.199 e. The lowest BCUT2D eigenvalue weighted by atomic mass is 9.79. The van der Waals surface area contributed by atoms with Gasteiger partial charge in [-0.15, -0.1) is 0 Å². The van der Waals surface area contributed by atoms with Gasteiger partial charge in [-0.2, -0.15) is 5.10 Å². The maximum absolute atomic E-state index is 6.01. The smallest absolute Gasteiger partial charge is 0.199 e. The molecule has 0 saturated heterocycles. The molecule has 0 amide bonds. The van der Waals surface area contributed by atoms with Crippen molar-refractivity contribution < 1.29 is 0 Å². The van der Waals surface area contributed by atoms with Crippen LogP contribution in [-0.4, -0.2) is 14.8 Å². The fourth-order valence-corrected chi connectivity index (χ4v) is 4.19. The van der Waals surface area contributed by atoms with Crippen LogP contribution >= 0.6 is 23.8 Å². The summed E-state index contributed by atoms with van der Waals surface area (Å²) in [6, 6.07) is 7.82. The summed E-state index contributed by atoms with van der Waals surface area (Å²) in [5.74, 6) is 2.48. The highest BCUT2D eigenvalue weighted by atomic mass is 35.5. The first-order valence-corrected chi connectivity index (χ1v) is 9.91. The van der Waals surface area contributed by atoms with Crippen LogP contribution in [0.3, 0.4) is 0 Å². The van der Waals surface area contributed by atoms with Gasteiger partial charge in [-0.1, -0.05) is 44.2 Å². The highest BCUT2D eigenvalue weighted by Gasteiger charge is 2.26. The molecule has 0 spiro atoms. The summed E-state index contributed by atoms with van der Waals surface area (Å²) in [4.78, 5) is 0. The summed E-state index contributed by atoms with van der Waals surface area (Å²) in [5.41, 5.74) is 1.04. The van der Waals surface area contributed by atoms with E-state index in [1.807, 2.05) is 24.3 Å². The lowest BCUT2D eigenvalue weighted by molar-refractivity contribution is 0.295. The molecule has 1 heterocycles. The number of hydrogen-bond donors (Lipinski definition) is 1. The third-order valence-electron chi connectivity index (χ3n) is 5.21. The Morgan fingerprint density at radius 2 is 1.88 bits per heavy atom. The van der Waals surface area contributed by atoms with Crippen LogP contribution in [0.1, 0.15) is 70.0 Å². The molecule has 5 heteroatoms. The van der Waals surface area contributed by atoms with E-state index in [-0.39, 0.29) is 0 Å². The second kappa shape index (κ2) is 8.30. The molecule has 0 unspecified atom stereocenters. The van der Waals surface area contributed by atoms with Crippen molar-refractivity contribution >= 4 is 23.8 Å². The minimum atomic E-state index is 0.496. The Balaban J connectivity index is 1.71. The van der Waals surface area contributed by atoms with Gasteiger partial charge in [0.15, 0.2) is 4.77 Å². The van der Waals surface area contributed by atoms with E-state index in [9.17, 15) is 0 Å². The van der Waals surface area contributed by atoms with Crippen molar-refractivity contribution in [2.24, 2.45) is 5.92 Å². The predicted octanol–water partition coefficient (Wildman–Crippen LogP) is 6.44. The van der Waals surface area contributed by atoms with Crippen molar-refractivity contribution in [3.63, 3.8) is 0 Å². The van der Waals surface area contributed by atoms with Crippen LogP contribution in [0.4, 0.5) is 0 Å². The molecular weight excluding hydrogens is 338 g/mol. The quantitative estimate of drug-likeness (QED) is 0.473. The predicted molar refractivity (Wildman–Crippen MR) is 103 cm³/mol. The van der Waals surface area contributed by atoms with Crippen LogP contribution in [-0.2, 0) is 0 Å². The zero-order valence-electron chi connectivity index (χ0n) is 14.3. The minimum absolute atomic E-state index is 0.496. The highest BCUT2D eigenvalue weighted by Crippen LogP contribution is 2.37. The van der Waals surface area contributed by atoms with Gasteiger partial charge in [0, 0.05) is 16.6 Å². The Hall–Kier alpha value is -1.13. The van der Waals surface area contributed by atoms with Gasteiger partial charge in [0.05, 0.1) is 0 Å². The normalized spacial score (nSPS) is 21.1. The van der Waals surface area contributed by atoms with Crippen molar-refractivity contribution in [1.82, 2.24) is 14.8 Å². The average molecular weight is 364 g/mol. The van der Waals surface area contributed by atoms with Crippen LogP contribution in [0.2, 0.25) is 5.02 Å². The van der Waals surface area contributed by atoms with Crippen molar-refractivity contribution in [2.45, 2.75) is 64.2 Å². The van der Waals surface area contributed by atoms with Gasteiger partial charge in [-0.3, -0.25) is 9.67 Å². The molecule has 1 aromatic carbocycles. The molecule has 1 saturated carbocycles. The molecule has 1 aliphatic rings. The molecule has 1 aromatic heterocycles. The van der Waals surface area contributed by atoms with Gasteiger partial charge in [0.25, 0.3) is 0 Å². The van der Waals surface area contributed by atoms with E-state index in [4.69, 9.17) is 23.8 Å². The standard InChI is InChI=1S/C19H26ClN3S/c1-2-3-4-5-14-6-8-15(9-7-14)18-21-22-19(24)23(18)17-12-10-16(20)11-13-17/h10-15H,2-9H2,1H3,(H,22,24). The van der Waals surface area contributed by atoms with E-state index in [2.05, 4.69) is 21.7 Å². The number of H-pyrrole nitrogens is 1. The van der Waals surface area contributed by atoms with E-state index in [0.29, 0.717) is 10.7 Å². The molecule has 1 aliphatic carbocycles. The zero-order chi connectivity index (χ0) is 16.9. The Bertz CT molecular complexity index is 696. The highest BCUT2D eigenvalue weighted by molar-refractivity contribution is 7.71. The van der Waals surface area contributed by atoms with E-state index >= 15 is 0 Å². The first kappa shape index (κ1) is 17.7. The number of hydrogen-bond acceptors (Lipinski definition) is 2. The van der Waals surface area contributed by atoms with E-state index in [1.54, 1.807) is 0 Å². The summed E-state index contributed by atoms with van der Waals surface area (Å²) in [6.07, 6.45) is 10.5. The summed E-state index contributed by atoms with van der Waals surface area (Å²) in [5, 5.41) is 8.27. The van der Waals surface area contributed by atoms with Crippen LogP contribution < -0.4 is 0 Å². The number of nitrogens with zero attached hydrogens (tertiary/aromatic N) is 2. The molecule has 2 aromatic rings. The molecule has 3 nitrogen and oxygen atoms in total. The minimum Gasteiger partial charge on any atom is -0.272 e. The second-order valence-electron chi connectivity index (χ2n) is 6.91. The van der Waals surface area contributed by atoms with Crippen LogP contribution in [0.5, 0.6) is 0 Å². The summed E-state index contributed by atoms with van der Waals surface area (Å²) < 4.78 is 2.74. The number of unbranched alkanes of at least 4 members (excludes halogenated alkanes) is 2. The summed E-state index contributed by atoms with van der Waals surface area (Å²) in [7, 11) is 0. The maximum atomic E-state index is 6.01. The molecule has 130 valence electrons. The molecule has 0 bridgehead atoms. The van der Waals surface area contributed by atoms with Gasteiger partial charge in [0.2, 0.25) is 0 Å². The molecular formula is C19H26ClN3S. The summed E-state index contributed by atoms with van der Waals surface area (Å²) >= 11 is 11.5. The monoisotopic (exact) mass is 363 g/mol. The number of nitrogens with one attached hydrogen (secondary N) is 1. The van der Waals surface area contributed by atoms with E-state index in [0.717, 1.165) is 22.5 Å². The molecule has 24 heavy (non-hydrogen) atoms. The zero-order valence-corrected chi connectivity index (χ0v) is 15.9. The topological polar surface area (TPSA) is 33.6 Å². The van der Waals surface area contributed by atoms with Crippen LogP contribution in [0, 0.1) is 10.7 Å². The fraction of sp³-hybridized carbons (Fsp3) is 0.579. The van der Waals surface area contributed by atoms with Crippen molar-refractivity contribution in [2.75, 3.05) is 0 Å². The van der Waals surface area contributed by atoms with E-state index in [1.165, 1.54) is 51.4 Å². The number of benzene rings is 1. The fourth-order valence-electron chi connectivity index (χ4n) is 3.82. The van der Waals surface area contributed by atoms with Gasteiger partial charge in [-0.05, 0) is 68.1 Å². The Morgan fingerprint density at radius 3 is 2.54 bits per heavy atom. The molecule has 0 radical (unpaired) electrons. The lowest BCUT2D eigenvalue weighted by Crippen LogP contribution is -2.16. The largest absolute Gasteiger partial charge is 0.272 e. The Morgan fingerprint density at radius 1 is 1.17 bits per heavy atom. The van der Waals surface area contributed by atoms with Crippen molar-refractivity contribution in [3.05, 3.63) is 39.9 Å². The first-order chi connectivity index (χ1) is 11.7. The Kier molecular flexibility index (Phi) is 6.12. The lowest BCUT2D eigenvalue weighted by Gasteiger charge is -2.28. The molecule has 1 fully saturated rings. The van der Waals surface area contributed by atoms with Gasteiger partial charge in [0.1, 0.15) is 5.82 Å². The molecule has 0 aliphatic heterocycles. The Labute approximate surface area is 154 Å². The molecule has 0 atom stereocenters. The van der Waals surface area contributed by atoms with E-state index < -0.39 is 0 Å². The number of aromatic amines is 1. The van der Waals surface area contributed by atoms with Crippen LogP contribution in [0.25, 0.3) is 5.69 Å². The number of rotatable bonds is 6. The summed E-state index contributed by atoms with van der Waals surface area (Å²) in [6.45, 7) is 2.27. The second-order valence-corrected chi connectivity index (χ2v) is 7.74. The molecule has 3 rings (SSSR count). The molecule has 1 N–H and O–H groups in total. The van der Waals surface area contributed by atoms with Gasteiger partial charge < -0.3 is 0 Å². The first-order valence-electron chi connectivity index (χ1n) is 9.12. The number of aromatic nitrogens is 3.